The SMILES string of the molecule is Cc1nn(CC(=O)N2CCN(S(=O)(=O)c3ccccc3)CC2)c(C)c1Br. The Kier molecular flexibility index (Phi) is 5.50. The molecule has 0 N–H and O–H groups in total. The molecular weight excluding hydrogens is 420 g/mol. The molecule has 0 aliphatic carbocycles. The van der Waals surface area contributed by atoms with Crippen LogP contribution in [0.2, 0.25) is 0 Å². The molecule has 9 heteroatoms. The lowest BCUT2D eigenvalue weighted by Gasteiger charge is -2.34. The van der Waals surface area contributed by atoms with Crippen LogP contribution in [-0.2, 0) is 21.4 Å². The van der Waals surface area contributed by atoms with Gasteiger partial charge in [-0.15, -0.1) is 0 Å². The van der Waals surface area contributed by atoms with Crippen LogP contribution in [0.5, 0.6) is 0 Å². The van der Waals surface area contributed by atoms with Crippen molar-refractivity contribution in [2.45, 2.75) is 25.3 Å². The third-order valence-electron chi connectivity index (χ3n) is 4.55. The van der Waals surface area contributed by atoms with Crippen molar-refractivity contribution >= 4 is 31.9 Å². The number of piperazine rings is 1. The number of halogens is 1. The van der Waals surface area contributed by atoms with Crippen LogP contribution in [0.4, 0.5) is 0 Å². The number of nitrogens with zero attached hydrogens (tertiary/aromatic N) is 4. The van der Waals surface area contributed by atoms with Gasteiger partial charge in [-0.05, 0) is 41.9 Å². The number of aromatic nitrogens is 2. The highest BCUT2D eigenvalue weighted by atomic mass is 79.9. The number of carbonyl (C=O) groups is 1. The monoisotopic (exact) mass is 440 g/mol. The molecule has 1 aromatic carbocycles. The van der Waals surface area contributed by atoms with Crippen molar-refractivity contribution in [1.29, 1.82) is 0 Å². The van der Waals surface area contributed by atoms with Gasteiger partial charge in [0.1, 0.15) is 6.54 Å². The minimum atomic E-state index is -3.51. The van der Waals surface area contributed by atoms with E-state index in [1.807, 2.05) is 13.8 Å². The molecule has 2 heterocycles. The molecule has 1 aliphatic rings. The molecule has 0 spiro atoms. The van der Waals surface area contributed by atoms with E-state index in [-0.39, 0.29) is 17.3 Å². The zero-order chi connectivity index (χ0) is 18.9. The van der Waals surface area contributed by atoms with Gasteiger partial charge in [-0.25, -0.2) is 8.42 Å². The summed E-state index contributed by atoms with van der Waals surface area (Å²) >= 11 is 3.46. The van der Waals surface area contributed by atoms with E-state index >= 15 is 0 Å². The molecule has 0 unspecified atom stereocenters. The number of hydrogen-bond donors (Lipinski definition) is 0. The first-order valence-corrected chi connectivity index (χ1v) is 10.6. The maximum Gasteiger partial charge on any atom is 0.244 e. The minimum Gasteiger partial charge on any atom is -0.338 e. The van der Waals surface area contributed by atoms with Gasteiger partial charge in [-0.1, -0.05) is 18.2 Å². The van der Waals surface area contributed by atoms with Crippen molar-refractivity contribution in [2.75, 3.05) is 26.2 Å². The predicted octanol–water partition coefficient (Wildman–Crippen LogP) is 1.80. The van der Waals surface area contributed by atoms with Crippen LogP contribution in [0.3, 0.4) is 0 Å². The van der Waals surface area contributed by atoms with Gasteiger partial charge in [-0.2, -0.15) is 9.40 Å². The summed E-state index contributed by atoms with van der Waals surface area (Å²) in [6, 6.07) is 8.38. The fraction of sp³-hybridized carbons (Fsp3) is 0.412. The van der Waals surface area contributed by atoms with Gasteiger partial charge < -0.3 is 4.90 Å². The van der Waals surface area contributed by atoms with Crippen LogP contribution in [0.15, 0.2) is 39.7 Å². The highest BCUT2D eigenvalue weighted by Gasteiger charge is 2.30. The molecule has 0 radical (unpaired) electrons. The average molecular weight is 441 g/mol. The number of hydrogen-bond acceptors (Lipinski definition) is 4. The lowest BCUT2D eigenvalue weighted by atomic mass is 10.3. The molecule has 0 saturated carbocycles. The number of carbonyl (C=O) groups excluding carboxylic acids is 1. The summed E-state index contributed by atoms with van der Waals surface area (Å²) in [6.07, 6.45) is 0. The zero-order valence-corrected chi connectivity index (χ0v) is 17.1. The molecule has 0 bridgehead atoms. The Labute approximate surface area is 161 Å². The van der Waals surface area contributed by atoms with E-state index in [0.29, 0.717) is 26.2 Å². The van der Waals surface area contributed by atoms with Crippen molar-refractivity contribution in [1.82, 2.24) is 19.0 Å². The van der Waals surface area contributed by atoms with Gasteiger partial charge in [-0.3, -0.25) is 9.48 Å². The second-order valence-electron chi connectivity index (χ2n) is 6.24. The minimum absolute atomic E-state index is 0.0557. The Morgan fingerprint density at radius 1 is 1.12 bits per heavy atom. The third-order valence-corrected chi connectivity index (χ3v) is 7.61. The van der Waals surface area contributed by atoms with E-state index in [1.165, 1.54) is 4.31 Å². The van der Waals surface area contributed by atoms with Crippen LogP contribution < -0.4 is 0 Å². The normalized spacial score (nSPS) is 16.0. The van der Waals surface area contributed by atoms with Gasteiger partial charge in [0.25, 0.3) is 0 Å². The number of amides is 1. The van der Waals surface area contributed by atoms with Crippen LogP contribution in [-0.4, -0.2) is 59.5 Å². The fourth-order valence-corrected chi connectivity index (χ4v) is 4.70. The Balaban J connectivity index is 1.63. The van der Waals surface area contributed by atoms with Crippen molar-refractivity contribution in [2.24, 2.45) is 0 Å². The predicted molar refractivity (Wildman–Crippen MR) is 101 cm³/mol. The number of rotatable bonds is 4. The topological polar surface area (TPSA) is 75.5 Å². The zero-order valence-electron chi connectivity index (χ0n) is 14.7. The average Bonchev–Trinajstić information content (AvgIpc) is 2.89. The summed E-state index contributed by atoms with van der Waals surface area (Å²) < 4.78 is 29.3. The van der Waals surface area contributed by atoms with Crippen molar-refractivity contribution in [3.63, 3.8) is 0 Å². The largest absolute Gasteiger partial charge is 0.338 e. The van der Waals surface area contributed by atoms with Crippen molar-refractivity contribution in [3.05, 3.63) is 46.2 Å². The van der Waals surface area contributed by atoms with Crippen LogP contribution in [0, 0.1) is 13.8 Å². The third kappa shape index (κ3) is 3.70. The summed E-state index contributed by atoms with van der Waals surface area (Å²) in [5, 5.41) is 4.35. The number of aryl methyl sites for hydroxylation is 1. The first-order chi connectivity index (χ1) is 12.3. The molecule has 1 fully saturated rings. The van der Waals surface area contributed by atoms with Crippen molar-refractivity contribution < 1.29 is 13.2 Å². The Morgan fingerprint density at radius 3 is 2.27 bits per heavy atom. The summed E-state index contributed by atoms with van der Waals surface area (Å²) in [7, 11) is -3.51. The van der Waals surface area contributed by atoms with Gasteiger partial charge in [0, 0.05) is 26.2 Å². The van der Waals surface area contributed by atoms with Gasteiger partial charge in [0.05, 0.1) is 20.8 Å². The van der Waals surface area contributed by atoms with E-state index in [0.717, 1.165) is 15.9 Å². The van der Waals surface area contributed by atoms with Crippen molar-refractivity contribution in [3.8, 4) is 0 Å². The van der Waals surface area contributed by atoms with Crippen LogP contribution in [0.1, 0.15) is 11.4 Å². The molecule has 1 amide bonds. The molecule has 7 nitrogen and oxygen atoms in total. The Morgan fingerprint density at radius 2 is 1.73 bits per heavy atom. The molecule has 26 heavy (non-hydrogen) atoms. The molecule has 1 aromatic heterocycles. The molecule has 1 saturated heterocycles. The fourth-order valence-electron chi connectivity index (χ4n) is 2.98. The molecule has 140 valence electrons. The summed E-state index contributed by atoms with van der Waals surface area (Å²) in [6.45, 7) is 5.29. The van der Waals surface area contributed by atoms with Crippen LogP contribution >= 0.6 is 15.9 Å². The highest BCUT2D eigenvalue weighted by Crippen LogP contribution is 2.20. The molecular formula is C17H21BrN4O3S. The van der Waals surface area contributed by atoms with E-state index in [9.17, 15) is 13.2 Å². The number of sulfonamides is 1. The first kappa shape index (κ1) is 19.1. The lowest BCUT2D eigenvalue weighted by Crippen LogP contribution is -2.51. The molecule has 1 aliphatic heterocycles. The Hall–Kier alpha value is -1.71. The lowest BCUT2D eigenvalue weighted by molar-refractivity contribution is -0.133. The Bertz CT molecular complexity index is 904. The summed E-state index contributed by atoms with van der Waals surface area (Å²) in [5.41, 5.74) is 1.75. The molecule has 3 rings (SSSR count). The van der Waals surface area contributed by atoms with E-state index in [1.54, 1.807) is 39.9 Å². The van der Waals surface area contributed by atoms with E-state index in [4.69, 9.17) is 0 Å². The smallest absolute Gasteiger partial charge is 0.244 e. The molecule has 2 aromatic rings. The second-order valence-corrected chi connectivity index (χ2v) is 8.97. The van der Waals surface area contributed by atoms with E-state index < -0.39 is 10.0 Å². The standard InChI is InChI=1S/C17H21BrN4O3S/c1-13-17(18)14(2)22(19-13)12-16(23)20-8-10-21(11-9-20)26(24,25)15-6-4-3-5-7-15/h3-7H,8-12H2,1-2H3. The van der Waals surface area contributed by atoms with Gasteiger partial charge in [0.15, 0.2) is 0 Å². The van der Waals surface area contributed by atoms with Crippen LogP contribution in [0.25, 0.3) is 0 Å². The number of benzene rings is 1. The maximum absolute atomic E-state index is 12.6. The maximum atomic E-state index is 12.6. The second kappa shape index (κ2) is 7.50. The summed E-state index contributed by atoms with van der Waals surface area (Å²) in [5.74, 6) is -0.0557. The van der Waals surface area contributed by atoms with Gasteiger partial charge >= 0.3 is 0 Å². The first-order valence-electron chi connectivity index (χ1n) is 8.33. The van der Waals surface area contributed by atoms with Gasteiger partial charge in [0.2, 0.25) is 15.9 Å². The summed E-state index contributed by atoms with van der Waals surface area (Å²) in [4.78, 5) is 14.5. The quantitative estimate of drug-likeness (QED) is 0.725. The molecule has 0 atom stereocenters. The highest BCUT2D eigenvalue weighted by molar-refractivity contribution is 9.10. The van der Waals surface area contributed by atoms with E-state index in [2.05, 4.69) is 21.0 Å².